The molecular formula is C29H35NO3. The highest BCUT2D eigenvalue weighted by Gasteiger charge is 2.23. The monoisotopic (exact) mass is 445 g/mol. The predicted octanol–water partition coefficient (Wildman–Crippen LogP) is 6.98. The Balaban J connectivity index is 1.66. The van der Waals surface area contributed by atoms with Crippen molar-refractivity contribution in [3.8, 4) is 5.75 Å². The Kier molecular flexibility index (Phi) is 8.16. The van der Waals surface area contributed by atoms with Gasteiger partial charge in [0, 0.05) is 12.0 Å². The van der Waals surface area contributed by atoms with E-state index in [1.54, 1.807) is 0 Å². The molecule has 0 bridgehead atoms. The van der Waals surface area contributed by atoms with Crippen LogP contribution in [0.3, 0.4) is 0 Å². The molecule has 4 nitrogen and oxygen atoms in total. The van der Waals surface area contributed by atoms with Crippen molar-refractivity contribution >= 4 is 6.09 Å². The second kappa shape index (κ2) is 11.0. The first kappa shape index (κ1) is 24.4. The predicted molar refractivity (Wildman–Crippen MR) is 134 cm³/mol. The molecule has 3 aromatic rings. The molecule has 0 aromatic heterocycles. The number of nitrogens with one attached hydrogen (secondary N) is 1. The highest BCUT2D eigenvalue weighted by Crippen LogP contribution is 2.35. The zero-order chi connectivity index (χ0) is 23.8. The smallest absolute Gasteiger partial charge is 0.407 e. The molecule has 0 saturated carbocycles. The molecule has 0 aliphatic rings. The summed E-state index contributed by atoms with van der Waals surface area (Å²) in [4.78, 5) is 12.3. The van der Waals surface area contributed by atoms with E-state index in [4.69, 9.17) is 9.47 Å². The van der Waals surface area contributed by atoms with Gasteiger partial charge >= 0.3 is 6.09 Å². The van der Waals surface area contributed by atoms with Crippen molar-refractivity contribution in [3.63, 3.8) is 0 Å². The van der Waals surface area contributed by atoms with Crippen molar-refractivity contribution < 1.29 is 14.3 Å². The van der Waals surface area contributed by atoms with Crippen molar-refractivity contribution in [1.29, 1.82) is 0 Å². The van der Waals surface area contributed by atoms with Crippen LogP contribution in [0.2, 0.25) is 0 Å². The van der Waals surface area contributed by atoms with Crippen molar-refractivity contribution in [2.75, 3.05) is 0 Å². The topological polar surface area (TPSA) is 47.6 Å². The molecule has 1 amide bonds. The van der Waals surface area contributed by atoms with E-state index < -0.39 is 6.09 Å². The third-order valence-electron chi connectivity index (χ3n) is 5.88. The minimum atomic E-state index is -0.405. The average molecular weight is 446 g/mol. The molecule has 33 heavy (non-hydrogen) atoms. The summed E-state index contributed by atoms with van der Waals surface area (Å²) in [6, 6.07) is 26.1. The zero-order valence-corrected chi connectivity index (χ0v) is 20.3. The number of carbonyl (C=O) groups is 1. The van der Waals surface area contributed by atoms with Crippen molar-refractivity contribution in [3.05, 3.63) is 101 Å². The summed E-state index contributed by atoms with van der Waals surface area (Å²) in [5, 5.41) is 2.98. The van der Waals surface area contributed by atoms with Crippen LogP contribution < -0.4 is 10.1 Å². The molecule has 3 rings (SSSR count). The van der Waals surface area contributed by atoms with Gasteiger partial charge in [0.15, 0.2) is 0 Å². The summed E-state index contributed by atoms with van der Waals surface area (Å²) in [6.45, 7) is 11.5. The number of carbonyl (C=O) groups excluding carboxylic acids is 1. The minimum absolute atomic E-state index is 0.0764. The van der Waals surface area contributed by atoms with Gasteiger partial charge in [0.1, 0.15) is 19.0 Å². The maximum atomic E-state index is 12.3. The second-order valence-electron chi connectivity index (χ2n) is 9.56. The molecule has 2 atom stereocenters. The number of hydrogen-bond donors (Lipinski definition) is 1. The van der Waals surface area contributed by atoms with Crippen LogP contribution in [0.1, 0.15) is 62.8 Å². The standard InChI is InChI=1S/C29H35NO3/c1-21(22(2)30-28(31)33-20-24-14-10-7-11-15-24)25-16-17-27(26(18-25)29(3,4)5)32-19-23-12-8-6-9-13-23/h6-18,21-22H,19-20H2,1-5H3,(H,30,31). The lowest BCUT2D eigenvalue weighted by molar-refractivity contribution is 0.135. The molecule has 3 aromatic carbocycles. The number of benzene rings is 3. The van der Waals surface area contributed by atoms with Gasteiger partial charge in [-0.3, -0.25) is 0 Å². The average Bonchev–Trinajstić information content (AvgIpc) is 2.81. The minimum Gasteiger partial charge on any atom is -0.489 e. The number of ether oxygens (including phenoxy) is 2. The fraction of sp³-hybridized carbons (Fsp3) is 0.345. The van der Waals surface area contributed by atoms with Crippen molar-refractivity contribution in [2.45, 2.75) is 65.2 Å². The van der Waals surface area contributed by atoms with Crippen molar-refractivity contribution in [1.82, 2.24) is 5.32 Å². The molecule has 0 aliphatic heterocycles. The second-order valence-corrected chi connectivity index (χ2v) is 9.56. The number of amides is 1. The highest BCUT2D eigenvalue weighted by molar-refractivity contribution is 5.67. The van der Waals surface area contributed by atoms with Gasteiger partial charge in [0.25, 0.3) is 0 Å². The van der Waals surface area contributed by atoms with E-state index >= 15 is 0 Å². The first-order valence-corrected chi connectivity index (χ1v) is 11.5. The Labute approximate surface area is 197 Å². The maximum absolute atomic E-state index is 12.3. The molecule has 0 spiro atoms. The van der Waals surface area contributed by atoms with E-state index in [-0.39, 0.29) is 24.0 Å². The summed E-state index contributed by atoms with van der Waals surface area (Å²) in [7, 11) is 0. The molecule has 0 radical (unpaired) electrons. The van der Waals surface area contributed by atoms with Gasteiger partial charge in [0.05, 0.1) is 0 Å². The molecule has 0 heterocycles. The first-order valence-electron chi connectivity index (χ1n) is 11.5. The van der Waals surface area contributed by atoms with Gasteiger partial charge in [-0.15, -0.1) is 0 Å². The molecule has 4 heteroatoms. The summed E-state index contributed by atoms with van der Waals surface area (Å²) < 4.78 is 11.6. The van der Waals surface area contributed by atoms with Crippen LogP contribution in [0, 0.1) is 0 Å². The normalized spacial score (nSPS) is 13.1. The van der Waals surface area contributed by atoms with Crippen LogP contribution in [0.15, 0.2) is 78.9 Å². The number of hydrogen-bond acceptors (Lipinski definition) is 3. The van der Waals surface area contributed by atoms with Crippen LogP contribution in [-0.4, -0.2) is 12.1 Å². The first-order chi connectivity index (χ1) is 15.7. The summed E-state index contributed by atoms with van der Waals surface area (Å²) in [6.07, 6.45) is -0.405. The van der Waals surface area contributed by atoms with Gasteiger partial charge in [0.2, 0.25) is 0 Å². The van der Waals surface area contributed by atoms with Gasteiger partial charge in [-0.2, -0.15) is 0 Å². The molecule has 0 fully saturated rings. The highest BCUT2D eigenvalue weighted by atomic mass is 16.5. The van der Waals surface area contributed by atoms with Crippen LogP contribution in [-0.2, 0) is 23.4 Å². The Morgan fingerprint density at radius 2 is 1.42 bits per heavy atom. The van der Waals surface area contributed by atoms with E-state index in [0.29, 0.717) is 6.61 Å². The Hall–Kier alpha value is -3.27. The maximum Gasteiger partial charge on any atom is 0.407 e. The van der Waals surface area contributed by atoms with Gasteiger partial charge in [-0.1, -0.05) is 100 Å². The SMILES string of the molecule is CC(NC(=O)OCc1ccccc1)C(C)c1ccc(OCc2ccccc2)c(C(C)(C)C)c1. The summed E-state index contributed by atoms with van der Waals surface area (Å²) in [5.74, 6) is 1.00. The van der Waals surface area contributed by atoms with E-state index in [0.717, 1.165) is 28.0 Å². The van der Waals surface area contributed by atoms with Crippen LogP contribution in [0.4, 0.5) is 4.79 Å². The lowest BCUT2D eigenvalue weighted by atomic mass is 9.83. The molecule has 2 unspecified atom stereocenters. The molecule has 1 N–H and O–H groups in total. The summed E-state index contributed by atoms with van der Waals surface area (Å²) >= 11 is 0. The third kappa shape index (κ3) is 7.11. The van der Waals surface area contributed by atoms with Crippen molar-refractivity contribution in [2.24, 2.45) is 0 Å². The molecular weight excluding hydrogens is 410 g/mol. The van der Waals surface area contributed by atoms with Crippen LogP contribution in [0.25, 0.3) is 0 Å². The lowest BCUT2D eigenvalue weighted by Crippen LogP contribution is -2.36. The fourth-order valence-corrected chi connectivity index (χ4v) is 3.64. The van der Waals surface area contributed by atoms with Gasteiger partial charge in [-0.25, -0.2) is 4.79 Å². The van der Waals surface area contributed by atoms with E-state index in [1.807, 2.05) is 55.5 Å². The molecule has 174 valence electrons. The van der Waals surface area contributed by atoms with E-state index in [1.165, 1.54) is 0 Å². The lowest BCUT2D eigenvalue weighted by Gasteiger charge is -2.27. The van der Waals surface area contributed by atoms with Crippen LogP contribution >= 0.6 is 0 Å². The van der Waals surface area contributed by atoms with E-state index in [2.05, 4.69) is 63.3 Å². The quantitative estimate of drug-likeness (QED) is 0.407. The molecule has 0 saturated heterocycles. The zero-order valence-electron chi connectivity index (χ0n) is 20.3. The Bertz CT molecular complexity index is 1030. The summed E-state index contributed by atoms with van der Waals surface area (Å²) in [5.41, 5.74) is 4.34. The largest absolute Gasteiger partial charge is 0.489 e. The van der Waals surface area contributed by atoms with E-state index in [9.17, 15) is 4.79 Å². The van der Waals surface area contributed by atoms with Crippen LogP contribution in [0.5, 0.6) is 5.75 Å². The Morgan fingerprint density at radius 3 is 2.00 bits per heavy atom. The Morgan fingerprint density at radius 1 is 0.848 bits per heavy atom. The number of rotatable bonds is 8. The van der Waals surface area contributed by atoms with Gasteiger partial charge < -0.3 is 14.8 Å². The fourth-order valence-electron chi connectivity index (χ4n) is 3.64. The third-order valence-corrected chi connectivity index (χ3v) is 5.88. The number of alkyl carbamates (subject to hydrolysis) is 1. The van der Waals surface area contributed by atoms with Gasteiger partial charge in [-0.05, 0) is 40.7 Å². The molecule has 0 aliphatic carbocycles.